The van der Waals surface area contributed by atoms with Gasteiger partial charge in [0, 0.05) is 11.4 Å². The number of para-hydroxylation sites is 1. The second-order valence-corrected chi connectivity index (χ2v) is 7.02. The largest absolute Gasteiger partial charge is 0.489 e. The molecule has 0 aliphatic heterocycles. The van der Waals surface area contributed by atoms with Gasteiger partial charge in [0.25, 0.3) is 0 Å². The van der Waals surface area contributed by atoms with Gasteiger partial charge >= 0.3 is 0 Å². The van der Waals surface area contributed by atoms with Gasteiger partial charge in [0.2, 0.25) is 0 Å². The van der Waals surface area contributed by atoms with Gasteiger partial charge in [-0.3, -0.25) is 0 Å². The third-order valence-corrected chi connectivity index (χ3v) is 4.70. The minimum Gasteiger partial charge on any atom is -0.489 e. The standard InChI is InChI=1S/C19H27N3O2S.HI/c1-4-20-18(22-14-19(3,23)17-11-8-12-25-17)21-13-15(2)24-16-9-6-5-7-10-16;/h5-12,15,23H,4,13-14H2,1-3H3,(H2,20,21,22);1H. The van der Waals surface area contributed by atoms with Gasteiger partial charge in [-0.05, 0) is 44.4 Å². The fourth-order valence-corrected chi connectivity index (χ4v) is 3.03. The summed E-state index contributed by atoms with van der Waals surface area (Å²) < 4.78 is 5.85. The first-order valence-corrected chi connectivity index (χ1v) is 9.39. The van der Waals surface area contributed by atoms with Gasteiger partial charge < -0.3 is 20.5 Å². The van der Waals surface area contributed by atoms with E-state index in [1.807, 2.05) is 61.7 Å². The first kappa shape index (κ1) is 22.7. The zero-order valence-corrected chi connectivity index (χ0v) is 18.6. The number of aliphatic hydroxyl groups is 1. The fourth-order valence-electron chi connectivity index (χ4n) is 2.25. The lowest BCUT2D eigenvalue weighted by Gasteiger charge is -2.21. The van der Waals surface area contributed by atoms with E-state index in [0.29, 0.717) is 12.5 Å². The molecule has 1 heterocycles. The van der Waals surface area contributed by atoms with Crippen molar-refractivity contribution in [2.75, 3.05) is 19.6 Å². The summed E-state index contributed by atoms with van der Waals surface area (Å²) in [5.74, 6) is 1.52. The van der Waals surface area contributed by atoms with Crippen molar-refractivity contribution < 1.29 is 9.84 Å². The molecule has 0 aliphatic carbocycles. The van der Waals surface area contributed by atoms with Crippen molar-refractivity contribution in [3.63, 3.8) is 0 Å². The number of ether oxygens (including phenoxy) is 1. The molecule has 3 N–H and O–H groups in total. The van der Waals surface area contributed by atoms with Crippen LogP contribution in [0.4, 0.5) is 0 Å². The predicted octanol–water partition coefficient (Wildman–Crippen LogP) is 3.60. The number of halogens is 1. The molecule has 0 radical (unpaired) electrons. The maximum absolute atomic E-state index is 10.6. The van der Waals surface area contributed by atoms with Crippen molar-refractivity contribution in [3.05, 3.63) is 52.7 Å². The molecule has 0 saturated carbocycles. The van der Waals surface area contributed by atoms with Gasteiger partial charge in [-0.25, -0.2) is 4.99 Å². The van der Waals surface area contributed by atoms with E-state index in [2.05, 4.69) is 15.6 Å². The van der Waals surface area contributed by atoms with Crippen LogP contribution in [0.15, 0.2) is 52.8 Å². The Kier molecular flexibility index (Phi) is 9.97. The molecule has 0 spiro atoms. The molecule has 0 aliphatic rings. The maximum atomic E-state index is 10.6. The molecule has 1 aromatic carbocycles. The molecule has 2 atom stereocenters. The van der Waals surface area contributed by atoms with Gasteiger partial charge in [0.1, 0.15) is 17.5 Å². The highest BCUT2D eigenvalue weighted by Crippen LogP contribution is 2.25. The number of benzene rings is 1. The third kappa shape index (κ3) is 7.51. The Morgan fingerprint density at radius 3 is 2.58 bits per heavy atom. The molecular weight excluding hydrogens is 461 g/mol. The molecule has 2 aromatic rings. The average molecular weight is 489 g/mol. The minimum absolute atomic E-state index is 0. The highest BCUT2D eigenvalue weighted by Gasteiger charge is 2.24. The lowest BCUT2D eigenvalue weighted by molar-refractivity contribution is 0.0711. The summed E-state index contributed by atoms with van der Waals surface area (Å²) >= 11 is 1.53. The van der Waals surface area contributed by atoms with E-state index in [1.165, 1.54) is 11.3 Å². The number of guanidine groups is 1. The molecule has 2 unspecified atom stereocenters. The molecule has 144 valence electrons. The molecule has 1 aromatic heterocycles. The lowest BCUT2D eigenvalue weighted by atomic mass is 10.1. The molecule has 0 saturated heterocycles. The molecule has 0 amide bonds. The minimum atomic E-state index is -0.970. The molecule has 26 heavy (non-hydrogen) atoms. The number of thiophene rings is 1. The average Bonchev–Trinajstić information content (AvgIpc) is 3.14. The van der Waals surface area contributed by atoms with E-state index in [1.54, 1.807) is 6.92 Å². The van der Waals surface area contributed by atoms with E-state index in [-0.39, 0.29) is 36.6 Å². The number of aliphatic imine (C=N–C) groups is 1. The van der Waals surface area contributed by atoms with Crippen molar-refractivity contribution >= 4 is 41.3 Å². The predicted molar refractivity (Wildman–Crippen MR) is 120 cm³/mol. The van der Waals surface area contributed by atoms with Crippen LogP contribution in [-0.2, 0) is 5.60 Å². The second kappa shape index (κ2) is 11.4. The summed E-state index contributed by atoms with van der Waals surface area (Å²) in [4.78, 5) is 5.43. The van der Waals surface area contributed by atoms with Crippen LogP contribution in [0.5, 0.6) is 5.75 Å². The number of hydrogen-bond acceptors (Lipinski definition) is 4. The van der Waals surface area contributed by atoms with E-state index in [9.17, 15) is 5.11 Å². The molecule has 5 nitrogen and oxygen atoms in total. The van der Waals surface area contributed by atoms with Crippen LogP contribution < -0.4 is 15.4 Å². The van der Waals surface area contributed by atoms with Gasteiger partial charge in [0.05, 0.1) is 13.1 Å². The van der Waals surface area contributed by atoms with Crippen molar-refractivity contribution in [2.24, 2.45) is 4.99 Å². The molecule has 7 heteroatoms. The number of hydrogen-bond donors (Lipinski definition) is 3. The zero-order valence-electron chi connectivity index (χ0n) is 15.4. The smallest absolute Gasteiger partial charge is 0.191 e. The highest BCUT2D eigenvalue weighted by atomic mass is 127. The van der Waals surface area contributed by atoms with Crippen LogP contribution in [-0.4, -0.2) is 36.8 Å². The van der Waals surface area contributed by atoms with Crippen molar-refractivity contribution in [1.82, 2.24) is 10.6 Å². The van der Waals surface area contributed by atoms with Crippen LogP contribution in [0.2, 0.25) is 0 Å². The first-order valence-electron chi connectivity index (χ1n) is 8.51. The van der Waals surface area contributed by atoms with Crippen molar-refractivity contribution in [1.29, 1.82) is 0 Å². The fraction of sp³-hybridized carbons (Fsp3) is 0.421. The summed E-state index contributed by atoms with van der Waals surface area (Å²) in [5.41, 5.74) is -0.970. The van der Waals surface area contributed by atoms with Crippen LogP contribution in [0.3, 0.4) is 0 Å². The highest BCUT2D eigenvalue weighted by molar-refractivity contribution is 14.0. The number of nitrogens with one attached hydrogen (secondary N) is 2. The molecule has 0 fully saturated rings. The first-order chi connectivity index (χ1) is 12.0. The summed E-state index contributed by atoms with van der Waals surface area (Å²) in [7, 11) is 0. The monoisotopic (exact) mass is 489 g/mol. The van der Waals surface area contributed by atoms with E-state index in [0.717, 1.165) is 17.2 Å². The third-order valence-electron chi connectivity index (χ3n) is 3.58. The molecule has 0 bridgehead atoms. The van der Waals surface area contributed by atoms with Crippen molar-refractivity contribution in [2.45, 2.75) is 32.5 Å². The topological polar surface area (TPSA) is 65.9 Å². The molecular formula is C19H28IN3O2S. The van der Waals surface area contributed by atoms with Crippen LogP contribution in [0, 0.1) is 0 Å². The van der Waals surface area contributed by atoms with Crippen LogP contribution >= 0.6 is 35.3 Å². The summed E-state index contributed by atoms with van der Waals surface area (Å²) in [6.45, 7) is 7.45. The Morgan fingerprint density at radius 2 is 1.96 bits per heavy atom. The molecule has 2 rings (SSSR count). The van der Waals surface area contributed by atoms with Crippen LogP contribution in [0.25, 0.3) is 0 Å². The van der Waals surface area contributed by atoms with E-state index in [4.69, 9.17) is 4.74 Å². The number of rotatable bonds is 8. The van der Waals surface area contributed by atoms with Gasteiger partial charge in [-0.1, -0.05) is 24.3 Å². The van der Waals surface area contributed by atoms with Gasteiger partial charge in [-0.15, -0.1) is 35.3 Å². The summed E-state index contributed by atoms with van der Waals surface area (Å²) in [6.07, 6.45) is -0.0101. The van der Waals surface area contributed by atoms with Crippen molar-refractivity contribution in [3.8, 4) is 5.75 Å². The van der Waals surface area contributed by atoms with Crippen LogP contribution in [0.1, 0.15) is 25.6 Å². The zero-order chi connectivity index (χ0) is 18.1. The lowest BCUT2D eigenvalue weighted by Crippen LogP contribution is -2.42. The summed E-state index contributed by atoms with van der Waals surface area (Å²) in [6, 6.07) is 13.6. The SMILES string of the molecule is CCNC(=NCC(C)(O)c1cccs1)NCC(C)Oc1ccccc1.I. The quantitative estimate of drug-likeness (QED) is 0.301. The Labute approximate surface area is 176 Å². The summed E-state index contributed by atoms with van der Waals surface area (Å²) in [5, 5.41) is 19.0. The Balaban J connectivity index is 0.00000338. The number of nitrogens with zero attached hydrogens (tertiary/aromatic N) is 1. The van der Waals surface area contributed by atoms with E-state index >= 15 is 0 Å². The Hall–Kier alpha value is -1.32. The maximum Gasteiger partial charge on any atom is 0.191 e. The Bertz CT molecular complexity index is 648. The van der Waals surface area contributed by atoms with E-state index < -0.39 is 5.60 Å². The Morgan fingerprint density at radius 1 is 1.23 bits per heavy atom. The normalized spacial score (nSPS) is 14.7. The second-order valence-electron chi connectivity index (χ2n) is 6.07. The van der Waals surface area contributed by atoms with Gasteiger partial charge in [-0.2, -0.15) is 0 Å². The van der Waals surface area contributed by atoms with Gasteiger partial charge in [0.15, 0.2) is 5.96 Å².